The zero-order valence-corrected chi connectivity index (χ0v) is 13.2. The molecule has 2 aliphatic heterocycles. The third-order valence-electron chi connectivity index (χ3n) is 4.41. The topological polar surface area (TPSA) is 36.4 Å². The summed E-state index contributed by atoms with van der Waals surface area (Å²) in [5.41, 5.74) is 0.963. The number of rotatable bonds is 4. The van der Waals surface area contributed by atoms with Gasteiger partial charge in [0.05, 0.1) is 10.6 Å². The lowest BCUT2D eigenvalue weighted by molar-refractivity contribution is 0.112. The second-order valence-electron chi connectivity index (χ2n) is 6.15. The molecule has 3 heterocycles. The van der Waals surface area contributed by atoms with E-state index in [1.54, 1.807) is 11.3 Å². The number of likely N-dealkylation sites (tertiary alicyclic amines) is 1. The molecule has 1 aromatic heterocycles. The monoisotopic (exact) mass is 293 g/mol. The second kappa shape index (κ2) is 5.82. The molecule has 110 valence electrons. The van der Waals surface area contributed by atoms with Gasteiger partial charge in [-0.2, -0.15) is 0 Å². The Kier molecular flexibility index (Phi) is 4.08. The summed E-state index contributed by atoms with van der Waals surface area (Å²) in [5, 5.41) is 1.04. The van der Waals surface area contributed by atoms with Crippen LogP contribution < -0.4 is 4.90 Å². The molecule has 2 fully saturated rings. The Balaban J connectivity index is 1.72. The lowest BCUT2D eigenvalue weighted by atomic mass is 10.1. The molecule has 0 aliphatic carbocycles. The van der Waals surface area contributed by atoms with Crippen LogP contribution >= 0.6 is 11.3 Å². The van der Waals surface area contributed by atoms with Crippen LogP contribution in [0.2, 0.25) is 0 Å². The molecule has 2 aliphatic rings. The molecule has 0 saturated carbocycles. The Morgan fingerprint density at radius 2 is 2.05 bits per heavy atom. The van der Waals surface area contributed by atoms with Gasteiger partial charge < -0.3 is 4.90 Å². The van der Waals surface area contributed by atoms with Crippen LogP contribution in [-0.4, -0.2) is 48.4 Å². The zero-order valence-electron chi connectivity index (χ0n) is 12.3. The van der Waals surface area contributed by atoms with Gasteiger partial charge in [0.25, 0.3) is 0 Å². The SMILES string of the molecule is CC(C)c1nc(N2CCC(N3CCCC3)C2)sc1C=O. The van der Waals surface area contributed by atoms with Crippen molar-refractivity contribution < 1.29 is 4.79 Å². The number of aromatic nitrogens is 1. The van der Waals surface area contributed by atoms with Crippen molar-refractivity contribution in [2.75, 3.05) is 31.1 Å². The summed E-state index contributed by atoms with van der Waals surface area (Å²) in [6, 6.07) is 0.684. The first-order valence-electron chi connectivity index (χ1n) is 7.64. The minimum atomic E-state index is 0.317. The standard InChI is InChI=1S/C15H23N3OS/c1-11(2)14-13(10-19)20-15(16-14)18-8-5-12(9-18)17-6-3-4-7-17/h10-12H,3-9H2,1-2H3. The highest BCUT2D eigenvalue weighted by atomic mass is 32.1. The van der Waals surface area contributed by atoms with E-state index in [1.165, 1.54) is 32.4 Å². The van der Waals surface area contributed by atoms with Crippen molar-refractivity contribution in [2.45, 2.75) is 45.1 Å². The Morgan fingerprint density at radius 1 is 1.30 bits per heavy atom. The number of anilines is 1. The number of aldehydes is 1. The van der Waals surface area contributed by atoms with E-state index in [0.29, 0.717) is 12.0 Å². The molecular formula is C15H23N3OS. The van der Waals surface area contributed by atoms with Crippen molar-refractivity contribution in [1.29, 1.82) is 0 Å². The van der Waals surface area contributed by atoms with E-state index in [-0.39, 0.29) is 0 Å². The number of thiazole rings is 1. The largest absolute Gasteiger partial charge is 0.346 e. The maximum absolute atomic E-state index is 11.2. The van der Waals surface area contributed by atoms with Gasteiger partial charge >= 0.3 is 0 Å². The Morgan fingerprint density at radius 3 is 2.65 bits per heavy atom. The second-order valence-corrected chi connectivity index (χ2v) is 7.16. The third-order valence-corrected chi connectivity index (χ3v) is 5.47. The number of hydrogen-bond donors (Lipinski definition) is 0. The van der Waals surface area contributed by atoms with Crippen LogP contribution in [0.3, 0.4) is 0 Å². The van der Waals surface area contributed by atoms with Gasteiger partial charge in [-0.15, -0.1) is 0 Å². The predicted molar refractivity (Wildman–Crippen MR) is 83.0 cm³/mol. The van der Waals surface area contributed by atoms with Crippen molar-refractivity contribution in [1.82, 2.24) is 9.88 Å². The highest BCUT2D eigenvalue weighted by Gasteiger charge is 2.31. The van der Waals surface area contributed by atoms with Crippen LogP contribution in [0, 0.1) is 0 Å². The van der Waals surface area contributed by atoms with Crippen molar-refractivity contribution in [3.63, 3.8) is 0 Å². The maximum Gasteiger partial charge on any atom is 0.186 e. The molecule has 0 N–H and O–H groups in total. The van der Waals surface area contributed by atoms with Gasteiger partial charge in [-0.25, -0.2) is 4.98 Å². The molecule has 1 atom stereocenters. The van der Waals surface area contributed by atoms with E-state index >= 15 is 0 Å². The van der Waals surface area contributed by atoms with Gasteiger partial charge in [0, 0.05) is 19.1 Å². The first kappa shape index (κ1) is 14.0. The first-order valence-corrected chi connectivity index (χ1v) is 8.45. The summed E-state index contributed by atoms with van der Waals surface area (Å²) < 4.78 is 0. The number of carbonyl (C=O) groups excluding carboxylic acids is 1. The number of hydrogen-bond acceptors (Lipinski definition) is 5. The van der Waals surface area contributed by atoms with Gasteiger partial charge in [0.2, 0.25) is 0 Å². The number of nitrogens with zero attached hydrogens (tertiary/aromatic N) is 3. The van der Waals surface area contributed by atoms with E-state index in [1.807, 2.05) is 0 Å². The molecule has 1 unspecified atom stereocenters. The molecule has 1 aromatic rings. The van der Waals surface area contributed by atoms with Gasteiger partial charge in [-0.05, 0) is 38.3 Å². The van der Waals surface area contributed by atoms with Crippen LogP contribution in [0.15, 0.2) is 0 Å². The molecule has 3 rings (SSSR count). The summed E-state index contributed by atoms with van der Waals surface area (Å²) in [7, 11) is 0. The van der Waals surface area contributed by atoms with Crippen molar-refractivity contribution in [3.8, 4) is 0 Å². The average molecular weight is 293 g/mol. The summed E-state index contributed by atoms with van der Waals surface area (Å²) in [5.74, 6) is 0.317. The van der Waals surface area contributed by atoms with E-state index < -0.39 is 0 Å². The van der Waals surface area contributed by atoms with Gasteiger partial charge in [-0.1, -0.05) is 25.2 Å². The van der Waals surface area contributed by atoms with E-state index in [9.17, 15) is 4.79 Å². The predicted octanol–water partition coefficient (Wildman–Crippen LogP) is 2.75. The Labute approximate surface area is 124 Å². The van der Waals surface area contributed by atoms with E-state index in [2.05, 4.69) is 23.6 Å². The fourth-order valence-corrected chi connectivity index (χ4v) is 4.35. The average Bonchev–Trinajstić information content (AvgIpc) is 3.16. The highest BCUT2D eigenvalue weighted by Crippen LogP contribution is 2.32. The van der Waals surface area contributed by atoms with Crippen LogP contribution in [0.5, 0.6) is 0 Å². The lowest BCUT2D eigenvalue weighted by Crippen LogP contribution is -2.35. The summed E-state index contributed by atoms with van der Waals surface area (Å²) >= 11 is 1.56. The van der Waals surface area contributed by atoms with E-state index in [4.69, 9.17) is 4.98 Å². The smallest absolute Gasteiger partial charge is 0.186 e. The lowest BCUT2D eigenvalue weighted by Gasteiger charge is -2.23. The van der Waals surface area contributed by atoms with E-state index in [0.717, 1.165) is 35.1 Å². The minimum absolute atomic E-state index is 0.317. The quantitative estimate of drug-likeness (QED) is 0.800. The van der Waals surface area contributed by atoms with Crippen LogP contribution in [-0.2, 0) is 0 Å². The van der Waals surface area contributed by atoms with Crippen molar-refractivity contribution in [2.24, 2.45) is 0 Å². The number of carbonyl (C=O) groups is 1. The normalized spacial score (nSPS) is 23.9. The molecule has 0 aromatic carbocycles. The summed E-state index contributed by atoms with van der Waals surface area (Å²) in [6.07, 6.45) is 4.89. The molecular weight excluding hydrogens is 270 g/mol. The van der Waals surface area contributed by atoms with Gasteiger partial charge in [0.15, 0.2) is 11.4 Å². The highest BCUT2D eigenvalue weighted by molar-refractivity contribution is 7.17. The fourth-order valence-electron chi connectivity index (χ4n) is 3.29. The van der Waals surface area contributed by atoms with Crippen LogP contribution in [0.1, 0.15) is 54.4 Å². The molecule has 0 amide bonds. The van der Waals surface area contributed by atoms with Gasteiger partial charge in [0.1, 0.15) is 0 Å². The van der Waals surface area contributed by atoms with Crippen LogP contribution in [0.4, 0.5) is 5.13 Å². The molecule has 4 nitrogen and oxygen atoms in total. The van der Waals surface area contributed by atoms with Crippen molar-refractivity contribution in [3.05, 3.63) is 10.6 Å². The maximum atomic E-state index is 11.2. The third kappa shape index (κ3) is 2.61. The molecule has 20 heavy (non-hydrogen) atoms. The van der Waals surface area contributed by atoms with Crippen LogP contribution in [0.25, 0.3) is 0 Å². The summed E-state index contributed by atoms with van der Waals surface area (Å²) in [4.78, 5) is 21.7. The van der Waals surface area contributed by atoms with Crippen molar-refractivity contribution >= 4 is 22.8 Å². The molecule has 5 heteroatoms. The molecule has 0 radical (unpaired) electrons. The van der Waals surface area contributed by atoms with Gasteiger partial charge in [-0.3, -0.25) is 9.69 Å². The molecule has 0 bridgehead atoms. The summed E-state index contributed by atoms with van der Waals surface area (Å²) in [6.45, 7) is 8.86. The fraction of sp³-hybridized carbons (Fsp3) is 0.733. The zero-order chi connectivity index (χ0) is 14.1. The Bertz CT molecular complexity index is 479. The Hall–Kier alpha value is -0.940. The molecule has 2 saturated heterocycles. The minimum Gasteiger partial charge on any atom is -0.346 e. The first-order chi connectivity index (χ1) is 9.69. The molecule has 0 spiro atoms.